The molecule has 5 heteroatoms. The first-order chi connectivity index (χ1) is 9.24. The minimum absolute atomic E-state index is 0.0771. The molecule has 3 rings (SSSR count). The number of hydrogen-bond acceptors (Lipinski definition) is 3. The van der Waals surface area contributed by atoms with Gasteiger partial charge in [-0.25, -0.2) is 0 Å². The second-order valence-electron chi connectivity index (χ2n) is 5.73. The Morgan fingerprint density at radius 3 is 2.79 bits per heavy atom. The van der Waals surface area contributed by atoms with E-state index in [2.05, 4.69) is 15.1 Å². The van der Waals surface area contributed by atoms with Gasteiger partial charge in [-0.2, -0.15) is 5.10 Å². The van der Waals surface area contributed by atoms with E-state index in [1.165, 1.54) is 32.4 Å². The summed E-state index contributed by atoms with van der Waals surface area (Å²) in [5.74, 6) is 0.0771. The van der Waals surface area contributed by atoms with Crippen molar-refractivity contribution in [2.24, 2.45) is 0 Å². The van der Waals surface area contributed by atoms with Crippen molar-refractivity contribution in [2.45, 2.75) is 38.6 Å². The van der Waals surface area contributed by atoms with Crippen molar-refractivity contribution in [1.82, 2.24) is 20.0 Å². The molecule has 19 heavy (non-hydrogen) atoms. The van der Waals surface area contributed by atoms with Crippen LogP contribution in [0.15, 0.2) is 6.07 Å². The number of amides is 1. The van der Waals surface area contributed by atoms with E-state index in [4.69, 9.17) is 0 Å². The van der Waals surface area contributed by atoms with Crippen LogP contribution >= 0.6 is 0 Å². The predicted octanol–water partition coefficient (Wildman–Crippen LogP) is 1.42. The normalized spacial score (nSPS) is 24.9. The minimum Gasteiger partial charge on any atom is -0.336 e. The number of carbonyl (C=O) groups is 1. The molecule has 2 aliphatic rings. The number of likely N-dealkylation sites (tertiary alicyclic amines) is 2. The van der Waals surface area contributed by atoms with Gasteiger partial charge in [0, 0.05) is 24.8 Å². The highest BCUT2D eigenvalue weighted by Crippen LogP contribution is 2.21. The smallest absolute Gasteiger partial charge is 0.274 e. The number of nitrogens with one attached hydrogen (secondary N) is 1. The van der Waals surface area contributed by atoms with Crippen LogP contribution in [0.4, 0.5) is 0 Å². The van der Waals surface area contributed by atoms with E-state index in [-0.39, 0.29) is 5.91 Å². The zero-order chi connectivity index (χ0) is 13.2. The van der Waals surface area contributed by atoms with E-state index in [9.17, 15) is 4.79 Å². The number of H-pyrrole nitrogens is 1. The number of aryl methyl sites for hydroxylation is 1. The largest absolute Gasteiger partial charge is 0.336 e. The standard InChI is InChI=1S/C14H22N4O/c1-11-9-13(16-15-11)14(19)18-8-4-5-12(10-18)17-6-2-3-7-17/h9,12H,2-8,10H2,1H3,(H,15,16). The fourth-order valence-electron chi connectivity index (χ4n) is 3.23. The lowest BCUT2D eigenvalue weighted by molar-refractivity contribution is 0.0602. The molecular formula is C14H22N4O. The number of hydrogen-bond donors (Lipinski definition) is 1. The number of carbonyl (C=O) groups excluding carboxylic acids is 1. The van der Waals surface area contributed by atoms with Gasteiger partial charge >= 0.3 is 0 Å². The second-order valence-corrected chi connectivity index (χ2v) is 5.73. The summed E-state index contributed by atoms with van der Waals surface area (Å²) in [6.45, 7) is 6.06. The zero-order valence-electron chi connectivity index (χ0n) is 11.6. The second kappa shape index (κ2) is 5.33. The quantitative estimate of drug-likeness (QED) is 0.877. The van der Waals surface area contributed by atoms with Gasteiger partial charge in [0.2, 0.25) is 0 Å². The van der Waals surface area contributed by atoms with Gasteiger partial charge in [0.05, 0.1) is 0 Å². The molecule has 1 aromatic rings. The summed E-state index contributed by atoms with van der Waals surface area (Å²) >= 11 is 0. The number of piperidine rings is 1. The molecular weight excluding hydrogens is 240 g/mol. The lowest BCUT2D eigenvalue weighted by atomic mass is 10.0. The van der Waals surface area contributed by atoms with E-state index in [1.54, 1.807) is 0 Å². The molecule has 1 N–H and O–H groups in total. The summed E-state index contributed by atoms with van der Waals surface area (Å²) in [5, 5.41) is 6.93. The topological polar surface area (TPSA) is 52.2 Å². The summed E-state index contributed by atoms with van der Waals surface area (Å²) in [6, 6.07) is 2.39. The molecule has 2 fully saturated rings. The van der Waals surface area contributed by atoms with Crippen LogP contribution in [0.2, 0.25) is 0 Å². The van der Waals surface area contributed by atoms with Crippen molar-refractivity contribution in [2.75, 3.05) is 26.2 Å². The molecule has 0 radical (unpaired) electrons. The highest BCUT2D eigenvalue weighted by molar-refractivity contribution is 5.92. The molecule has 0 aromatic carbocycles. The van der Waals surface area contributed by atoms with Gasteiger partial charge in [-0.1, -0.05) is 0 Å². The van der Waals surface area contributed by atoms with Crippen LogP contribution < -0.4 is 0 Å². The zero-order valence-corrected chi connectivity index (χ0v) is 11.6. The minimum atomic E-state index is 0.0771. The lowest BCUT2D eigenvalue weighted by Crippen LogP contribution is -2.49. The number of rotatable bonds is 2. The fourth-order valence-corrected chi connectivity index (χ4v) is 3.23. The lowest BCUT2D eigenvalue weighted by Gasteiger charge is -2.37. The van der Waals surface area contributed by atoms with Crippen LogP contribution in [-0.4, -0.2) is 58.1 Å². The van der Waals surface area contributed by atoms with Crippen molar-refractivity contribution in [3.05, 3.63) is 17.5 Å². The van der Waals surface area contributed by atoms with Crippen LogP contribution in [0.5, 0.6) is 0 Å². The first-order valence-electron chi connectivity index (χ1n) is 7.29. The maximum Gasteiger partial charge on any atom is 0.274 e. The number of nitrogens with zero attached hydrogens (tertiary/aromatic N) is 3. The van der Waals surface area contributed by atoms with Crippen LogP contribution in [-0.2, 0) is 0 Å². The van der Waals surface area contributed by atoms with Crippen LogP contribution in [0.3, 0.4) is 0 Å². The van der Waals surface area contributed by atoms with E-state index in [1.807, 2.05) is 17.9 Å². The maximum atomic E-state index is 12.4. The molecule has 2 aliphatic heterocycles. The predicted molar refractivity (Wildman–Crippen MR) is 73.1 cm³/mol. The molecule has 1 amide bonds. The van der Waals surface area contributed by atoms with Crippen molar-refractivity contribution in [3.8, 4) is 0 Å². The van der Waals surface area contributed by atoms with Gasteiger partial charge < -0.3 is 4.90 Å². The van der Waals surface area contributed by atoms with Gasteiger partial charge in [-0.15, -0.1) is 0 Å². The third-order valence-electron chi connectivity index (χ3n) is 4.27. The van der Waals surface area contributed by atoms with Crippen LogP contribution in [0.1, 0.15) is 41.9 Å². The van der Waals surface area contributed by atoms with Crippen molar-refractivity contribution >= 4 is 5.91 Å². The average Bonchev–Trinajstić information content (AvgIpc) is 3.09. The molecule has 5 nitrogen and oxygen atoms in total. The average molecular weight is 262 g/mol. The first kappa shape index (κ1) is 12.7. The van der Waals surface area contributed by atoms with Crippen molar-refractivity contribution in [1.29, 1.82) is 0 Å². The molecule has 1 aromatic heterocycles. The third kappa shape index (κ3) is 2.66. The molecule has 0 bridgehead atoms. The van der Waals surface area contributed by atoms with Crippen molar-refractivity contribution in [3.63, 3.8) is 0 Å². The number of aromatic amines is 1. The summed E-state index contributed by atoms with van der Waals surface area (Å²) in [4.78, 5) is 16.9. The maximum absolute atomic E-state index is 12.4. The summed E-state index contributed by atoms with van der Waals surface area (Å²) in [7, 11) is 0. The molecule has 104 valence electrons. The SMILES string of the molecule is Cc1cc(C(=O)N2CCCC(N3CCCC3)C2)n[nH]1. The van der Waals surface area contributed by atoms with Gasteiger partial charge in [-0.3, -0.25) is 14.8 Å². The Hall–Kier alpha value is -1.36. The van der Waals surface area contributed by atoms with Gasteiger partial charge in [0.25, 0.3) is 5.91 Å². The van der Waals surface area contributed by atoms with E-state index in [0.29, 0.717) is 11.7 Å². The third-order valence-corrected chi connectivity index (χ3v) is 4.27. The molecule has 1 atom stereocenters. The summed E-state index contributed by atoms with van der Waals surface area (Å²) in [6.07, 6.45) is 4.95. The van der Waals surface area contributed by atoms with Gasteiger partial charge in [0.1, 0.15) is 5.69 Å². The molecule has 3 heterocycles. The van der Waals surface area contributed by atoms with Gasteiger partial charge in [0.15, 0.2) is 0 Å². The van der Waals surface area contributed by atoms with Crippen LogP contribution in [0, 0.1) is 6.92 Å². The highest BCUT2D eigenvalue weighted by atomic mass is 16.2. The van der Waals surface area contributed by atoms with E-state index < -0.39 is 0 Å². The number of aromatic nitrogens is 2. The van der Waals surface area contributed by atoms with Crippen LogP contribution in [0.25, 0.3) is 0 Å². The Kier molecular flexibility index (Phi) is 3.55. The summed E-state index contributed by atoms with van der Waals surface area (Å²) < 4.78 is 0. The first-order valence-corrected chi connectivity index (χ1v) is 7.29. The Morgan fingerprint density at radius 2 is 2.11 bits per heavy atom. The van der Waals surface area contributed by atoms with E-state index >= 15 is 0 Å². The molecule has 0 spiro atoms. The molecule has 0 saturated carbocycles. The van der Waals surface area contributed by atoms with Gasteiger partial charge in [-0.05, 0) is 51.8 Å². The fraction of sp³-hybridized carbons (Fsp3) is 0.714. The van der Waals surface area contributed by atoms with Crippen molar-refractivity contribution < 1.29 is 4.79 Å². The Balaban J connectivity index is 1.65. The monoisotopic (exact) mass is 262 g/mol. The molecule has 0 aliphatic carbocycles. The summed E-state index contributed by atoms with van der Waals surface area (Å²) in [5.41, 5.74) is 1.50. The Labute approximate surface area is 114 Å². The van der Waals surface area contributed by atoms with E-state index in [0.717, 1.165) is 25.2 Å². The molecule has 2 saturated heterocycles. The highest BCUT2D eigenvalue weighted by Gasteiger charge is 2.30. The molecule has 1 unspecified atom stereocenters. The Morgan fingerprint density at radius 1 is 1.32 bits per heavy atom. The Bertz CT molecular complexity index is 450.